The summed E-state index contributed by atoms with van der Waals surface area (Å²) in [6, 6.07) is -0.629. The molecule has 0 aromatic rings. The first-order chi connectivity index (χ1) is 7.95. The quantitative estimate of drug-likeness (QED) is 0.641. The number of nitrogens with two attached hydrogens (primary N) is 1. The third-order valence-electron chi connectivity index (χ3n) is 2.87. The normalized spacial score (nSPS) is 22.5. The molecule has 1 saturated heterocycles. The fraction of sp³-hybridized carbons (Fsp3) is 0.727. The molecule has 2 unspecified atom stereocenters. The van der Waals surface area contributed by atoms with Gasteiger partial charge in [0.15, 0.2) is 0 Å². The zero-order chi connectivity index (χ0) is 13.0. The number of hydrogen-bond acceptors (Lipinski definition) is 4. The van der Waals surface area contributed by atoms with Gasteiger partial charge in [0.1, 0.15) is 6.54 Å². The van der Waals surface area contributed by atoms with E-state index in [9.17, 15) is 14.4 Å². The molecule has 96 valence electrons. The van der Waals surface area contributed by atoms with E-state index in [2.05, 4.69) is 5.32 Å². The molecule has 1 aliphatic heterocycles. The van der Waals surface area contributed by atoms with Gasteiger partial charge >= 0.3 is 0 Å². The van der Waals surface area contributed by atoms with E-state index in [4.69, 9.17) is 5.73 Å². The Kier molecular flexibility index (Phi) is 4.62. The van der Waals surface area contributed by atoms with Crippen molar-refractivity contribution in [3.05, 3.63) is 0 Å². The number of imide groups is 1. The predicted octanol–water partition coefficient (Wildman–Crippen LogP) is -0.623. The van der Waals surface area contributed by atoms with Crippen molar-refractivity contribution >= 4 is 17.7 Å². The summed E-state index contributed by atoms with van der Waals surface area (Å²) >= 11 is 0. The van der Waals surface area contributed by atoms with Crippen LogP contribution in [0.5, 0.6) is 0 Å². The molecule has 0 radical (unpaired) electrons. The summed E-state index contributed by atoms with van der Waals surface area (Å²) in [5.41, 5.74) is 5.56. The number of hydrogen-bond donors (Lipinski definition) is 2. The van der Waals surface area contributed by atoms with E-state index in [1.807, 2.05) is 13.8 Å². The maximum absolute atomic E-state index is 11.6. The number of carbonyl (C=O) groups is 3. The molecule has 0 aromatic heterocycles. The first-order valence-corrected chi connectivity index (χ1v) is 5.84. The van der Waals surface area contributed by atoms with E-state index in [-0.39, 0.29) is 30.8 Å². The van der Waals surface area contributed by atoms with Crippen molar-refractivity contribution in [1.82, 2.24) is 10.2 Å². The lowest BCUT2D eigenvalue weighted by molar-refractivity contribution is -0.151. The summed E-state index contributed by atoms with van der Waals surface area (Å²) in [6.45, 7) is 3.58. The molecule has 0 spiro atoms. The highest BCUT2D eigenvalue weighted by atomic mass is 16.2. The lowest BCUT2D eigenvalue weighted by atomic mass is 10.1. The zero-order valence-corrected chi connectivity index (χ0v) is 10.2. The minimum absolute atomic E-state index is 0.0335. The Labute approximate surface area is 101 Å². The van der Waals surface area contributed by atoms with Gasteiger partial charge in [-0.1, -0.05) is 6.92 Å². The van der Waals surface area contributed by atoms with E-state index >= 15 is 0 Å². The zero-order valence-electron chi connectivity index (χ0n) is 10.2. The van der Waals surface area contributed by atoms with Gasteiger partial charge in [-0.2, -0.15) is 0 Å². The van der Waals surface area contributed by atoms with Crippen LogP contribution in [-0.2, 0) is 14.4 Å². The predicted molar refractivity (Wildman–Crippen MR) is 61.8 cm³/mol. The van der Waals surface area contributed by atoms with Gasteiger partial charge in [-0.15, -0.1) is 0 Å². The van der Waals surface area contributed by atoms with Gasteiger partial charge in [-0.05, 0) is 19.8 Å². The Morgan fingerprint density at radius 3 is 2.82 bits per heavy atom. The molecule has 1 rings (SSSR count). The number of piperidine rings is 1. The molecule has 2 atom stereocenters. The minimum atomic E-state index is -0.663. The lowest BCUT2D eigenvalue weighted by Crippen LogP contribution is -2.54. The average molecular weight is 241 g/mol. The number of rotatable bonds is 4. The van der Waals surface area contributed by atoms with Gasteiger partial charge < -0.3 is 11.1 Å². The van der Waals surface area contributed by atoms with Crippen molar-refractivity contribution in [3.63, 3.8) is 0 Å². The molecule has 0 saturated carbocycles. The van der Waals surface area contributed by atoms with E-state index in [1.165, 1.54) is 0 Å². The van der Waals surface area contributed by atoms with Gasteiger partial charge in [-0.25, -0.2) is 0 Å². The van der Waals surface area contributed by atoms with Crippen molar-refractivity contribution < 1.29 is 14.4 Å². The highest BCUT2D eigenvalue weighted by molar-refractivity contribution is 6.03. The highest BCUT2D eigenvalue weighted by Crippen LogP contribution is 2.11. The van der Waals surface area contributed by atoms with Crippen LogP contribution in [0, 0.1) is 0 Å². The van der Waals surface area contributed by atoms with Gasteiger partial charge in [-0.3, -0.25) is 19.3 Å². The smallest absolute Gasteiger partial charge is 0.246 e. The van der Waals surface area contributed by atoms with Crippen LogP contribution >= 0.6 is 0 Å². The largest absolute Gasteiger partial charge is 0.352 e. The minimum Gasteiger partial charge on any atom is -0.352 e. The molecule has 0 aliphatic carbocycles. The van der Waals surface area contributed by atoms with E-state index in [0.29, 0.717) is 6.42 Å². The number of likely N-dealkylation sites (tertiary alicyclic amines) is 1. The van der Waals surface area contributed by atoms with Crippen molar-refractivity contribution in [1.29, 1.82) is 0 Å². The van der Waals surface area contributed by atoms with Crippen molar-refractivity contribution in [2.45, 2.75) is 45.2 Å². The van der Waals surface area contributed by atoms with Gasteiger partial charge in [0.25, 0.3) is 0 Å². The molecular weight excluding hydrogens is 222 g/mol. The summed E-state index contributed by atoms with van der Waals surface area (Å²) in [5, 5.41) is 2.71. The average Bonchev–Trinajstić information content (AvgIpc) is 2.29. The second-order valence-corrected chi connectivity index (χ2v) is 4.34. The Morgan fingerprint density at radius 1 is 1.59 bits per heavy atom. The molecule has 1 heterocycles. The summed E-state index contributed by atoms with van der Waals surface area (Å²) in [5.74, 6) is -1.10. The second kappa shape index (κ2) is 5.77. The van der Waals surface area contributed by atoms with Crippen LogP contribution in [0.2, 0.25) is 0 Å². The second-order valence-electron chi connectivity index (χ2n) is 4.34. The van der Waals surface area contributed by atoms with Crippen molar-refractivity contribution in [2.24, 2.45) is 5.73 Å². The van der Waals surface area contributed by atoms with Crippen molar-refractivity contribution in [2.75, 3.05) is 6.54 Å². The van der Waals surface area contributed by atoms with Gasteiger partial charge in [0.2, 0.25) is 17.7 Å². The molecule has 0 aromatic carbocycles. The monoisotopic (exact) mass is 241 g/mol. The third kappa shape index (κ3) is 3.52. The van der Waals surface area contributed by atoms with Crippen LogP contribution in [0.15, 0.2) is 0 Å². The summed E-state index contributed by atoms with van der Waals surface area (Å²) < 4.78 is 0. The highest BCUT2D eigenvalue weighted by Gasteiger charge is 2.33. The Morgan fingerprint density at radius 2 is 2.24 bits per heavy atom. The Balaban J connectivity index is 2.56. The standard InChI is InChI=1S/C11H19N3O3/c1-3-7(2)13-9(15)6-14-10(16)5-4-8(12)11(14)17/h7-8H,3-6,12H2,1-2H3,(H,13,15). The first kappa shape index (κ1) is 13.6. The van der Waals surface area contributed by atoms with Crippen LogP contribution < -0.4 is 11.1 Å². The summed E-state index contributed by atoms with van der Waals surface area (Å²) in [6.07, 6.45) is 1.39. The number of carbonyl (C=O) groups excluding carboxylic acids is 3. The maximum atomic E-state index is 11.6. The third-order valence-corrected chi connectivity index (χ3v) is 2.87. The molecule has 3 amide bonds. The summed E-state index contributed by atoms with van der Waals surface area (Å²) in [4.78, 5) is 35.7. The van der Waals surface area contributed by atoms with Crippen molar-refractivity contribution in [3.8, 4) is 0 Å². The molecule has 1 fully saturated rings. The van der Waals surface area contributed by atoms with Crippen LogP contribution in [0.3, 0.4) is 0 Å². The number of nitrogens with zero attached hydrogens (tertiary/aromatic N) is 1. The number of nitrogens with one attached hydrogen (secondary N) is 1. The SMILES string of the molecule is CCC(C)NC(=O)CN1C(=O)CCC(N)C1=O. The Bertz CT molecular complexity index is 330. The summed E-state index contributed by atoms with van der Waals surface area (Å²) in [7, 11) is 0. The van der Waals surface area contributed by atoms with Crippen LogP contribution in [-0.4, -0.2) is 41.2 Å². The van der Waals surface area contributed by atoms with Gasteiger partial charge in [0.05, 0.1) is 6.04 Å². The van der Waals surface area contributed by atoms with Gasteiger partial charge in [0, 0.05) is 12.5 Å². The van der Waals surface area contributed by atoms with E-state index in [1.54, 1.807) is 0 Å². The van der Waals surface area contributed by atoms with E-state index in [0.717, 1.165) is 11.3 Å². The van der Waals surface area contributed by atoms with Crippen LogP contribution in [0.1, 0.15) is 33.1 Å². The fourth-order valence-electron chi connectivity index (χ4n) is 1.59. The lowest BCUT2D eigenvalue weighted by Gasteiger charge is -2.28. The van der Waals surface area contributed by atoms with Crippen LogP contribution in [0.25, 0.3) is 0 Å². The molecule has 0 bridgehead atoms. The van der Waals surface area contributed by atoms with Crippen LogP contribution in [0.4, 0.5) is 0 Å². The first-order valence-electron chi connectivity index (χ1n) is 5.84. The molecule has 3 N–H and O–H groups in total. The van der Waals surface area contributed by atoms with E-state index < -0.39 is 11.9 Å². The number of amides is 3. The molecule has 6 nitrogen and oxygen atoms in total. The molecule has 6 heteroatoms. The Hall–Kier alpha value is -1.43. The molecular formula is C11H19N3O3. The topological polar surface area (TPSA) is 92.5 Å². The fourth-order valence-corrected chi connectivity index (χ4v) is 1.59. The molecule has 17 heavy (non-hydrogen) atoms. The molecule has 1 aliphatic rings. The maximum Gasteiger partial charge on any atom is 0.246 e.